The summed E-state index contributed by atoms with van der Waals surface area (Å²) in [5.74, 6) is 2.90. The number of nitrogen functional groups attached to an aromatic ring is 1. The fraction of sp³-hybridized carbons (Fsp3) is 0.278. The number of nitrogens with two attached hydrogens (primary N) is 1. The summed E-state index contributed by atoms with van der Waals surface area (Å²) >= 11 is 0. The smallest absolute Gasteiger partial charge is 0.222 e. The maximum Gasteiger partial charge on any atom is 0.222 e. The lowest BCUT2D eigenvalue weighted by molar-refractivity contribution is 0.260. The van der Waals surface area contributed by atoms with Crippen molar-refractivity contribution < 1.29 is 4.74 Å². The first kappa shape index (κ1) is 16.5. The minimum absolute atomic E-state index is 0.0868. The minimum Gasteiger partial charge on any atom is -0.477 e. The summed E-state index contributed by atoms with van der Waals surface area (Å²) in [5, 5.41) is 12.9. The maximum absolute atomic E-state index is 6.09. The molecule has 10 heteroatoms. The molecule has 1 unspecified atom stereocenters. The van der Waals surface area contributed by atoms with Gasteiger partial charge >= 0.3 is 0 Å². The molecule has 4 aromatic rings. The Labute approximate surface area is 160 Å². The molecule has 0 saturated carbocycles. The highest BCUT2D eigenvalue weighted by atomic mass is 16.5. The van der Waals surface area contributed by atoms with Crippen molar-refractivity contribution >= 4 is 28.4 Å². The molecule has 1 aliphatic rings. The Kier molecular flexibility index (Phi) is 3.64. The van der Waals surface area contributed by atoms with Crippen LogP contribution < -0.4 is 15.8 Å². The van der Waals surface area contributed by atoms with Crippen LogP contribution in [0, 0.1) is 0 Å². The van der Waals surface area contributed by atoms with E-state index in [1.807, 2.05) is 17.8 Å². The molecule has 0 amide bonds. The van der Waals surface area contributed by atoms with Crippen LogP contribution in [0.15, 0.2) is 30.7 Å². The number of ether oxygens (including phenoxy) is 1. The van der Waals surface area contributed by atoms with Gasteiger partial charge in [0.05, 0.1) is 29.7 Å². The maximum atomic E-state index is 6.09. The number of aryl methyl sites for hydroxylation is 1. The summed E-state index contributed by atoms with van der Waals surface area (Å²) in [5.41, 5.74) is 7.75. The van der Waals surface area contributed by atoms with E-state index in [1.165, 1.54) is 0 Å². The summed E-state index contributed by atoms with van der Waals surface area (Å²) in [4.78, 5) is 13.4. The van der Waals surface area contributed by atoms with E-state index in [2.05, 4.69) is 37.4 Å². The van der Waals surface area contributed by atoms with Crippen molar-refractivity contribution in [1.29, 1.82) is 0 Å². The summed E-state index contributed by atoms with van der Waals surface area (Å²) in [6, 6.07) is 3.80. The van der Waals surface area contributed by atoms with E-state index >= 15 is 0 Å². The second kappa shape index (κ2) is 6.19. The van der Waals surface area contributed by atoms with Crippen molar-refractivity contribution in [2.45, 2.75) is 19.4 Å². The molecule has 1 atom stereocenters. The normalized spacial score (nSPS) is 16.3. The van der Waals surface area contributed by atoms with Crippen LogP contribution in [0.4, 0.5) is 17.5 Å². The van der Waals surface area contributed by atoms with Crippen molar-refractivity contribution in [3.05, 3.63) is 30.7 Å². The molecule has 4 bridgehead atoms. The fourth-order valence-electron chi connectivity index (χ4n) is 3.35. The molecule has 5 rings (SSSR count). The minimum atomic E-state index is 0.0868. The number of aromatic nitrogens is 7. The zero-order valence-corrected chi connectivity index (χ0v) is 15.5. The average molecular weight is 377 g/mol. The summed E-state index contributed by atoms with van der Waals surface area (Å²) < 4.78 is 9.65. The summed E-state index contributed by atoms with van der Waals surface area (Å²) in [6.45, 7) is 2.58. The number of pyridine rings is 1. The van der Waals surface area contributed by atoms with Gasteiger partial charge in [0.15, 0.2) is 11.6 Å². The Morgan fingerprint density at radius 3 is 3.04 bits per heavy atom. The van der Waals surface area contributed by atoms with Gasteiger partial charge in [-0.25, -0.2) is 19.6 Å². The van der Waals surface area contributed by atoms with Gasteiger partial charge in [0.1, 0.15) is 17.2 Å². The van der Waals surface area contributed by atoms with Crippen LogP contribution in [-0.4, -0.2) is 41.1 Å². The van der Waals surface area contributed by atoms with Crippen molar-refractivity contribution in [2.24, 2.45) is 7.05 Å². The SMILES string of the molecule is CC1CCOc2c(cnn2C)-c2nccc(n2)Nc2cc3c(cn2)c(N)nn31. The van der Waals surface area contributed by atoms with Gasteiger partial charge in [0.2, 0.25) is 5.88 Å². The number of nitrogens with zero attached hydrogens (tertiary/aromatic N) is 7. The number of hydrogen-bond acceptors (Lipinski definition) is 8. The van der Waals surface area contributed by atoms with Crippen LogP contribution in [0.2, 0.25) is 0 Å². The Bertz CT molecular complexity index is 1180. The number of nitrogens with one attached hydrogen (secondary N) is 1. The molecular weight excluding hydrogens is 358 g/mol. The molecule has 0 aliphatic carbocycles. The van der Waals surface area contributed by atoms with Crippen LogP contribution in [-0.2, 0) is 7.05 Å². The fourth-order valence-corrected chi connectivity index (χ4v) is 3.35. The van der Waals surface area contributed by atoms with Gasteiger partial charge in [-0.2, -0.15) is 10.2 Å². The van der Waals surface area contributed by atoms with Gasteiger partial charge in [-0.1, -0.05) is 0 Å². The Hall–Kier alpha value is -3.69. The van der Waals surface area contributed by atoms with E-state index in [9.17, 15) is 0 Å². The van der Waals surface area contributed by atoms with Gasteiger partial charge < -0.3 is 15.8 Å². The molecule has 0 saturated heterocycles. The van der Waals surface area contributed by atoms with E-state index in [0.29, 0.717) is 35.8 Å². The molecule has 3 N–H and O–H groups in total. The van der Waals surface area contributed by atoms with Crippen LogP contribution in [0.3, 0.4) is 0 Å². The van der Waals surface area contributed by atoms with E-state index in [0.717, 1.165) is 22.9 Å². The van der Waals surface area contributed by atoms with Gasteiger partial charge in [-0.15, -0.1) is 0 Å². The quantitative estimate of drug-likeness (QED) is 0.479. The summed E-state index contributed by atoms with van der Waals surface area (Å²) in [7, 11) is 1.83. The number of hydrogen-bond donors (Lipinski definition) is 2. The van der Waals surface area contributed by atoms with Crippen LogP contribution in [0.25, 0.3) is 22.3 Å². The lowest BCUT2D eigenvalue weighted by atomic mass is 10.2. The largest absolute Gasteiger partial charge is 0.477 e. The first-order chi connectivity index (χ1) is 13.6. The third-order valence-electron chi connectivity index (χ3n) is 4.85. The zero-order chi connectivity index (χ0) is 19.3. The third kappa shape index (κ3) is 2.61. The molecule has 0 spiro atoms. The molecule has 5 heterocycles. The second-order valence-electron chi connectivity index (χ2n) is 6.78. The van der Waals surface area contributed by atoms with Crippen molar-refractivity contribution in [2.75, 3.05) is 17.7 Å². The predicted molar refractivity (Wildman–Crippen MR) is 104 cm³/mol. The van der Waals surface area contributed by atoms with E-state index in [4.69, 9.17) is 10.5 Å². The summed E-state index contributed by atoms with van der Waals surface area (Å²) in [6.07, 6.45) is 5.87. The molecule has 0 aromatic carbocycles. The zero-order valence-electron chi connectivity index (χ0n) is 15.5. The van der Waals surface area contributed by atoms with Gasteiger partial charge in [0, 0.05) is 31.9 Å². The molecule has 28 heavy (non-hydrogen) atoms. The highest BCUT2D eigenvalue weighted by Gasteiger charge is 2.19. The molecule has 0 fully saturated rings. The molecule has 0 radical (unpaired) electrons. The monoisotopic (exact) mass is 377 g/mol. The van der Waals surface area contributed by atoms with Gasteiger partial charge in [-0.3, -0.25) is 4.68 Å². The number of anilines is 3. The lowest BCUT2D eigenvalue weighted by Gasteiger charge is -2.16. The number of rotatable bonds is 0. The van der Waals surface area contributed by atoms with E-state index < -0.39 is 0 Å². The topological polar surface area (TPSA) is 122 Å². The molecule has 1 aliphatic heterocycles. The van der Waals surface area contributed by atoms with Crippen molar-refractivity contribution in [3.8, 4) is 17.3 Å². The van der Waals surface area contributed by atoms with Crippen LogP contribution >= 0.6 is 0 Å². The first-order valence-electron chi connectivity index (χ1n) is 8.99. The van der Waals surface area contributed by atoms with Crippen molar-refractivity contribution in [1.82, 2.24) is 34.5 Å². The Morgan fingerprint density at radius 1 is 1.25 bits per heavy atom. The Balaban J connectivity index is 1.67. The highest BCUT2D eigenvalue weighted by molar-refractivity contribution is 5.90. The van der Waals surface area contributed by atoms with E-state index in [1.54, 1.807) is 29.3 Å². The second-order valence-corrected chi connectivity index (χ2v) is 6.78. The van der Waals surface area contributed by atoms with Crippen LogP contribution in [0.1, 0.15) is 19.4 Å². The third-order valence-corrected chi connectivity index (χ3v) is 4.85. The Morgan fingerprint density at radius 2 is 2.14 bits per heavy atom. The highest BCUT2D eigenvalue weighted by Crippen LogP contribution is 2.30. The molecule has 142 valence electrons. The lowest BCUT2D eigenvalue weighted by Crippen LogP contribution is -2.13. The molecule has 4 aromatic heterocycles. The first-order valence-corrected chi connectivity index (χ1v) is 8.99. The number of fused-ring (bicyclic) bond motifs is 5. The van der Waals surface area contributed by atoms with Crippen molar-refractivity contribution in [3.63, 3.8) is 0 Å². The van der Waals surface area contributed by atoms with Gasteiger partial charge in [0.25, 0.3) is 0 Å². The molecular formula is C18H19N9O. The predicted octanol–water partition coefficient (Wildman–Crippen LogP) is 2.29. The average Bonchev–Trinajstić information content (AvgIpc) is 3.22. The molecule has 10 nitrogen and oxygen atoms in total. The standard InChI is InChI=1S/C18H19N9O/c1-10-4-6-28-18-12(9-22-26(18)2)17-20-5-3-14(24-17)23-15-7-13-11(8-21-15)16(19)25-27(10)13/h3,5,7-10H,4,6H2,1-2H3,(H2,19,25)(H,20,21,23,24). The van der Waals surface area contributed by atoms with E-state index in [-0.39, 0.29) is 6.04 Å². The van der Waals surface area contributed by atoms with Gasteiger partial charge in [-0.05, 0) is 13.0 Å². The van der Waals surface area contributed by atoms with Crippen LogP contribution in [0.5, 0.6) is 5.88 Å².